The average molecular weight is 493 g/mol. The van der Waals surface area contributed by atoms with Crippen molar-refractivity contribution in [1.29, 1.82) is 0 Å². The fourth-order valence-corrected chi connectivity index (χ4v) is 3.98. The van der Waals surface area contributed by atoms with Gasteiger partial charge in [0.25, 0.3) is 5.91 Å². The Labute approximate surface area is 211 Å². The second kappa shape index (κ2) is 12.4. The maximum Gasteiger partial charge on any atom is 0.254 e. The number of hydrogen-bond acceptors (Lipinski definition) is 7. The van der Waals surface area contributed by atoms with Crippen LogP contribution in [-0.4, -0.2) is 72.1 Å². The number of carbonyl (C=O) groups is 1. The SMILES string of the molecule is C[C@H](NC(=O)c1cnc(Nc2ccc(OCCCN3CCN(C)CC3)c(F)c2)nc1)c1ccccc1. The Morgan fingerprint density at radius 1 is 1.08 bits per heavy atom. The number of anilines is 2. The Bertz CT molecular complexity index is 1120. The van der Waals surface area contributed by atoms with Gasteiger partial charge in [0.1, 0.15) is 0 Å². The largest absolute Gasteiger partial charge is 0.490 e. The molecular formula is C27H33FN6O2. The van der Waals surface area contributed by atoms with E-state index in [2.05, 4.69) is 37.4 Å². The van der Waals surface area contributed by atoms with E-state index in [9.17, 15) is 9.18 Å². The summed E-state index contributed by atoms with van der Waals surface area (Å²) in [5.74, 6) is -0.231. The van der Waals surface area contributed by atoms with Crippen molar-refractivity contribution in [3.05, 3.63) is 77.9 Å². The highest BCUT2D eigenvalue weighted by atomic mass is 19.1. The first kappa shape index (κ1) is 25.5. The highest BCUT2D eigenvalue weighted by molar-refractivity contribution is 5.93. The van der Waals surface area contributed by atoms with Gasteiger partial charge in [0.15, 0.2) is 11.6 Å². The third-order valence-corrected chi connectivity index (χ3v) is 6.22. The zero-order chi connectivity index (χ0) is 25.3. The van der Waals surface area contributed by atoms with Crippen LogP contribution >= 0.6 is 0 Å². The molecule has 0 spiro atoms. The minimum absolute atomic E-state index is 0.146. The number of benzene rings is 2. The first-order valence-corrected chi connectivity index (χ1v) is 12.3. The van der Waals surface area contributed by atoms with Gasteiger partial charge in [-0.3, -0.25) is 4.79 Å². The van der Waals surface area contributed by atoms with Crippen LogP contribution in [0.15, 0.2) is 60.9 Å². The van der Waals surface area contributed by atoms with Crippen LogP contribution in [-0.2, 0) is 0 Å². The molecule has 0 unspecified atom stereocenters. The Morgan fingerprint density at radius 3 is 2.50 bits per heavy atom. The Hall–Kier alpha value is -3.56. The van der Waals surface area contributed by atoms with Crippen LogP contribution in [0.3, 0.4) is 0 Å². The molecular weight excluding hydrogens is 459 g/mol. The number of piperazine rings is 1. The van der Waals surface area contributed by atoms with Crippen molar-refractivity contribution in [2.75, 3.05) is 51.7 Å². The highest BCUT2D eigenvalue weighted by Crippen LogP contribution is 2.23. The monoisotopic (exact) mass is 492 g/mol. The predicted molar refractivity (Wildman–Crippen MR) is 138 cm³/mol. The third-order valence-electron chi connectivity index (χ3n) is 6.22. The fraction of sp³-hybridized carbons (Fsp3) is 0.370. The van der Waals surface area contributed by atoms with Crippen LogP contribution in [0.1, 0.15) is 35.3 Å². The molecule has 9 heteroatoms. The van der Waals surface area contributed by atoms with E-state index >= 15 is 0 Å². The van der Waals surface area contributed by atoms with E-state index in [1.807, 2.05) is 37.3 Å². The summed E-state index contributed by atoms with van der Waals surface area (Å²) in [4.78, 5) is 25.6. The van der Waals surface area contributed by atoms with E-state index < -0.39 is 5.82 Å². The third kappa shape index (κ3) is 7.22. The highest BCUT2D eigenvalue weighted by Gasteiger charge is 2.14. The van der Waals surface area contributed by atoms with E-state index in [-0.39, 0.29) is 23.6 Å². The zero-order valence-corrected chi connectivity index (χ0v) is 20.8. The van der Waals surface area contributed by atoms with E-state index in [1.54, 1.807) is 12.1 Å². The van der Waals surface area contributed by atoms with Crippen LogP contribution in [0, 0.1) is 5.82 Å². The molecule has 0 radical (unpaired) electrons. The summed E-state index contributed by atoms with van der Waals surface area (Å²) in [6, 6.07) is 14.2. The van der Waals surface area contributed by atoms with Gasteiger partial charge in [-0.25, -0.2) is 14.4 Å². The number of likely N-dealkylation sites (N-methyl/N-ethyl adjacent to an activating group) is 1. The van der Waals surface area contributed by atoms with Crippen molar-refractivity contribution in [3.63, 3.8) is 0 Å². The molecule has 2 aromatic carbocycles. The van der Waals surface area contributed by atoms with Crippen LogP contribution in [0.25, 0.3) is 0 Å². The summed E-state index contributed by atoms with van der Waals surface area (Å²) >= 11 is 0. The van der Waals surface area contributed by atoms with Gasteiger partial charge in [-0.15, -0.1) is 0 Å². The number of halogens is 1. The quantitative estimate of drug-likeness (QED) is 0.416. The number of nitrogens with zero attached hydrogens (tertiary/aromatic N) is 4. The number of amides is 1. The minimum atomic E-state index is -0.453. The van der Waals surface area contributed by atoms with Gasteiger partial charge in [0, 0.05) is 56.9 Å². The Morgan fingerprint density at radius 2 is 1.81 bits per heavy atom. The number of ether oxygens (including phenoxy) is 1. The number of hydrogen-bond donors (Lipinski definition) is 2. The molecule has 1 aliphatic heterocycles. The van der Waals surface area contributed by atoms with E-state index in [4.69, 9.17) is 4.74 Å². The standard InChI is InChI=1S/C27H33FN6O2/c1-20(21-7-4-3-5-8-21)31-26(35)22-18-29-27(30-19-22)32-23-9-10-25(24(28)17-23)36-16-6-11-34-14-12-33(2)13-15-34/h3-5,7-10,17-20H,6,11-16H2,1-2H3,(H,31,35)(H,29,30,32)/t20-/m0/s1. The molecule has 1 fully saturated rings. The molecule has 2 N–H and O–H groups in total. The van der Waals surface area contributed by atoms with Crippen LogP contribution in [0.5, 0.6) is 5.75 Å². The van der Waals surface area contributed by atoms with E-state index in [0.29, 0.717) is 17.9 Å². The summed E-state index contributed by atoms with van der Waals surface area (Å²) < 4.78 is 20.2. The molecule has 1 aliphatic rings. The topological polar surface area (TPSA) is 82.6 Å². The van der Waals surface area contributed by atoms with Gasteiger partial charge in [0.05, 0.1) is 18.2 Å². The summed E-state index contributed by atoms with van der Waals surface area (Å²) in [5, 5.41) is 5.89. The summed E-state index contributed by atoms with van der Waals surface area (Å²) in [6.07, 6.45) is 3.73. The first-order valence-electron chi connectivity index (χ1n) is 12.3. The number of aromatic nitrogens is 2. The fourth-order valence-electron chi connectivity index (χ4n) is 3.98. The summed E-state index contributed by atoms with van der Waals surface area (Å²) in [7, 11) is 2.13. The molecule has 0 saturated carbocycles. The Kier molecular flexibility index (Phi) is 8.80. The second-order valence-electron chi connectivity index (χ2n) is 9.02. The lowest BCUT2D eigenvalue weighted by Crippen LogP contribution is -2.44. The predicted octanol–water partition coefficient (Wildman–Crippen LogP) is 3.87. The van der Waals surface area contributed by atoms with Crippen molar-refractivity contribution in [3.8, 4) is 5.75 Å². The van der Waals surface area contributed by atoms with Crippen molar-refractivity contribution >= 4 is 17.5 Å². The molecule has 1 saturated heterocycles. The molecule has 36 heavy (non-hydrogen) atoms. The molecule has 0 aliphatic carbocycles. The maximum absolute atomic E-state index is 14.5. The number of nitrogens with one attached hydrogen (secondary N) is 2. The normalized spacial score (nSPS) is 15.3. The lowest BCUT2D eigenvalue weighted by atomic mass is 10.1. The van der Waals surface area contributed by atoms with Crippen LogP contribution in [0.4, 0.5) is 16.0 Å². The molecule has 2 heterocycles. The van der Waals surface area contributed by atoms with Crippen LogP contribution < -0.4 is 15.4 Å². The lowest BCUT2D eigenvalue weighted by Gasteiger charge is -2.32. The van der Waals surface area contributed by atoms with Gasteiger partial charge >= 0.3 is 0 Å². The molecule has 1 atom stereocenters. The molecule has 4 rings (SSSR count). The van der Waals surface area contributed by atoms with Crippen molar-refractivity contribution < 1.29 is 13.9 Å². The second-order valence-corrected chi connectivity index (χ2v) is 9.02. The van der Waals surface area contributed by atoms with Gasteiger partial charge in [0.2, 0.25) is 5.95 Å². The Balaban J connectivity index is 1.24. The van der Waals surface area contributed by atoms with Crippen molar-refractivity contribution in [1.82, 2.24) is 25.1 Å². The first-order chi connectivity index (χ1) is 17.5. The smallest absolute Gasteiger partial charge is 0.254 e. The molecule has 1 amide bonds. The summed E-state index contributed by atoms with van der Waals surface area (Å²) in [5.41, 5.74) is 1.84. The van der Waals surface area contributed by atoms with Gasteiger partial charge in [-0.2, -0.15) is 0 Å². The van der Waals surface area contributed by atoms with E-state index in [0.717, 1.165) is 44.7 Å². The maximum atomic E-state index is 14.5. The van der Waals surface area contributed by atoms with E-state index in [1.165, 1.54) is 18.5 Å². The number of carbonyl (C=O) groups excluding carboxylic acids is 1. The molecule has 3 aromatic rings. The van der Waals surface area contributed by atoms with Crippen molar-refractivity contribution in [2.45, 2.75) is 19.4 Å². The average Bonchev–Trinajstić information content (AvgIpc) is 2.89. The van der Waals surface area contributed by atoms with Crippen molar-refractivity contribution in [2.24, 2.45) is 0 Å². The van der Waals surface area contributed by atoms with Gasteiger partial charge < -0.3 is 25.2 Å². The number of rotatable bonds is 10. The lowest BCUT2D eigenvalue weighted by molar-refractivity contribution is 0.0939. The van der Waals surface area contributed by atoms with Crippen LogP contribution in [0.2, 0.25) is 0 Å². The molecule has 1 aromatic heterocycles. The molecule has 0 bridgehead atoms. The van der Waals surface area contributed by atoms with Gasteiger partial charge in [-0.05, 0) is 38.1 Å². The molecule has 190 valence electrons. The summed E-state index contributed by atoms with van der Waals surface area (Å²) in [6.45, 7) is 7.61. The minimum Gasteiger partial charge on any atom is -0.490 e. The zero-order valence-electron chi connectivity index (χ0n) is 20.8. The molecule has 8 nitrogen and oxygen atoms in total. The van der Waals surface area contributed by atoms with Gasteiger partial charge in [-0.1, -0.05) is 30.3 Å².